The Morgan fingerprint density at radius 2 is 1.78 bits per heavy atom. The van der Waals surface area contributed by atoms with E-state index in [1.54, 1.807) is 12.1 Å². The predicted molar refractivity (Wildman–Crippen MR) is 93.7 cm³/mol. The summed E-state index contributed by atoms with van der Waals surface area (Å²) in [6.45, 7) is 0. The average molecular weight is 367 g/mol. The molecule has 136 valence electrons. The Bertz CT molecular complexity index is 969. The first-order valence-corrected chi connectivity index (χ1v) is 8.39. The SMILES string of the molecule is O=C1c2ccccc2C(=O)N1C1C=C(c2ccncc2[N+](=O)[O-])CCC1F. The topological polar surface area (TPSA) is 93.4 Å². The summed E-state index contributed by atoms with van der Waals surface area (Å²) >= 11 is 0. The largest absolute Gasteiger partial charge is 0.294 e. The monoisotopic (exact) mass is 367 g/mol. The van der Waals surface area contributed by atoms with Crippen molar-refractivity contribution in [3.8, 4) is 0 Å². The van der Waals surface area contributed by atoms with Gasteiger partial charge in [0.05, 0.1) is 27.7 Å². The second-order valence-electron chi connectivity index (χ2n) is 6.41. The van der Waals surface area contributed by atoms with E-state index in [1.807, 2.05) is 0 Å². The number of carbonyl (C=O) groups excluding carboxylic acids is 2. The maximum atomic E-state index is 14.7. The summed E-state index contributed by atoms with van der Waals surface area (Å²) < 4.78 is 14.7. The number of pyridine rings is 1. The van der Waals surface area contributed by atoms with Gasteiger partial charge in [-0.05, 0) is 36.6 Å². The number of alkyl halides is 1. The Morgan fingerprint density at radius 3 is 2.41 bits per heavy atom. The number of fused-ring (bicyclic) bond motifs is 1. The van der Waals surface area contributed by atoms with Crippen LogP contribution in [0.1, 0.15) is 39.1 Å². The fraction of sp³-hybridized carbons (Fsp3) is 0.211. The second-order valence-corrected chi connectivity index (χ2v) is 6.41. The van der Waals surface area contributed by atoms with Gasteiger partial charge in [0.1, 0.15) is 12.4 Å². The summed E-state index contributed by atoms with van der Waals surface area (Å²) in [4.78, 5) is 40.7. The zero-order valence-electron chi connectivity index (χ0n) is 14.0. The molecule has 1 aromatic carbocycles. The molecule has 1 aromatic heterocycles. The minimum Gasteiger partial charge on any atom is -0.269 e. The zero-order valence-corrected chi connectivity index (χ0v) is 14.0. The van der Waals surface area contributed by atoms with Crippen LogP contribution < -0.4 is 0 Å². The lowest BCUT2D eigenvalue weighted by molar-refractivity contribution is -0.385. The molecule has 0 spiro atoms. The van der Waals surface area contributed by atoms with Crippen molar-refractivity contribution in [2.24, 2.45) is 0 Å². The Kier molecular flexibility index (Phi) is 4.02. The minimum atomic E-state index is -1.43. The van der Waals surface area contributed by atoms with Gasteiger partial charge in [0.25, 0.3) is 17.5 Å². The number of halogens is 1. The van der Waals surface area contributed by atoms with Crippen LogP contribution in [0.4, 0.5) is 10.1 Å². The molecule has 0 fully saturated rings. The molecule has 2 amide bonds. The van der Waals surface area contributed by atoms with Crippen LogP contribution in [0.3, 0.4) is 0 Å². The lowest BCUT2D eigenvalue weighted by Gasteiger charge is -2.31. The molecule has 8 heteroatoms. The van der Waals surface area contributed by atoms with Gasteiger partial charge < -0.3 is 0 Å². The van der Waals surface area contributed by atoms with Crippen molar-refractivity contribution in [3.63, 3.8) is 0 Å². The van der Waals surface area contributed by atoms with Gasteiger partial charge in [0.2, 0.25) is 0 Å². The molecule has 1 aliphatic heterocycles. The Labute approximate surface area is 153 Å². The smallest absolute Gasteiger partial charge is 0.269 e. The molecule has 0 saturated carbocycles. The third-order valence-electron chi connectivity index (χ3n) is 4.90. The lowest BCUT2D eigenvalue weighted by atomic mass is 9.88. The third-order valence-corrected chi connectivity index (χ3v) is 4.90. The van der Waals surface area contributed by atoms with Gasteiger partial charge in [-0.15, -0.1) is 0 Å². The Morgan fingerprint density at radius 1 is 1.11 bits per heavy atom. The van der Waals surface area contributed by atoms with Crippen LogP contribution in [0.25, 0.3) is 5.57 Å². The van der Waals surface area contributed by atoms with Gasteiger partial charge in [-0.1, -0.05) is 18.2 Å². The molecule has 0 N–H and O–H groups in total. The van der Waals surface area contributed by atoms with E-state index in [4.69, 9.17) is 0 Å². The first-order valence-electron chi connectivity index (χ1n) is 8.39. The summed E-state index contributed by atoms with van der Waals surface area (Å²) in [7, 11) is 0. The highest BCUT2D eigenvalue weighted by Crippen LogP contribution is 2.37. The van der Waals surface area contributed by atoms with Crippen LogP contribution in [0, 0.1) is 10.1 Å². The van der Waals surface area contributed by atoms with Crippen molar-refractivity contribution in [1.82, 2.24) is 9.88 Å². The average Bonchev–Trinajstić information content (AvgIpc) is 2.93. The minimum absolute atomic E-state index is 0.0589. The van der Waals surface area contributed by atoms with E-state index in [1.165, 1.54) is 30.5 Å². The molecule has 4 rings (SSSR count). The number of nitro groups is 1. The first-order chi connectivity index (χ1) is 13.0. The molecule has 2 unspecified atom stereocenters. The molecule has 2 aromatic rings. The van der Waals surface area contributed by atoms with Crippen molar-refractivity contribution in [2.75, 3.05) is 0 Å². The molecule has 2 aliphatic rings. The van der Waals surface area contributed by atoms with E-state index in [2.05, 4.69) is 4.98 Å². The van der Waals surface area contributed by atoms with Crippen LogP contribution in [-0.2, 0) is 0 Å². The number of imide groups is 1. The molecule has 27 heavy (non-hydrogen) atoms. The fourth-order valence-electron chi connectivity index (χ4n) is 3.60. The second kappa shape index (κ2) is 6.39. The summed E-state index contributed by atoms with van der Waals surface area (Å²) in [5.74, 6) is -1.10. The van der Waals surface area contributed by atoms with E-state index in [0.29, 0.717) is 11.1 Å². The van der Waals surface area contributed by atoms with E-state index in [0.717, 1.165) is 11.1 Å². The number of hydrogen-bond acceptors (Lipinski definition) is 5. The number of amides is 2. The molecule has 0 radical (unpaired) electrons. The van der Waals surface area contributed by atoms with Gasteiger partial charge in [-0.2, -0.15) is 0 Å². The van der Waals surface area contributed by atoms with Crippen LogP contribution in [0.15, 0.2) is 48.8 Å². The van der Waals surface area contributed by atoms with Gasteiger partial charge >= 0.3 is 0 Å². The summed E-state index contributed by atoms with van der Waals surface area (Å²) in [5.41, 5.74) is 1.14. The Balaban J connectivity index is 1.76. The third kappa shape index (κ3) is 2.69. The van der Waals surface area contributed by atoms with Crippen LogP contribution >= 0.6 is 0 Å². The molecular formula is C19H14FN3O4. The summed E-state index contributed by atoms with van der Waals surface area (Å²) in [6.07, 6.45) is 2.90. The van der Waals surface area contributed by atoms with Gasteiger partial charge in [0, 0.05) is 6.20 Å². The summed E-state index contributed by atoms with van der Waals surface area (Å²) in [5, 5.41) is 11.3. The van der Waals surface area contributed by atoms with Crippen molar-refractivity contribution in [1.29, 1.82) is 0 Å². The summed E-state index contributed by atoms with van der Waals surface area (Å²) in [6, 6.07) is 6.73. The molecule has 0 bridgehead atoms. The molecule has 7 nitrogen and oxygen atoms in total. The van der Waals surface area contributed by atoms with E-state index in [9.17, 15) is 24.1 Å². The van der Waals surface area contributed by atoms with Crippen molar-refractivity contribution in [2.45, 2.75) is 25.1 Å². The molecule has 1 aliphatic carbocycles. The number of allylic oxidation sites excluding steroid dienone is 1. The lowest BCUT2D eigenvalue weighted by Crippen LogP contribution is -2.45. The van der Waals surface area contributed by atoms with E-state index < -0.39 is 29.0 Å². The standard InChI is InChI=1S/C19H14FN3O4/c20-15-6-5-11(12-7-8-21-10-17(12)23(26)27)9-16(15)22-18(24)13-3-1-2-4-14(13)19(22)25/h1-4,7-10,15-16H,5-6H2. The number of benzene rings is 1. The van der Waals surface area contributed by atoms with Crippen molar-refractivity contribution < 1.29 is 18.9 Å². The molecule has 2 heterocycles. The maximum Gasteiger partial charge on any atom is 0.294 e. The van der Waals surface area contributed by atoms with E-state index >= 15 is 0 Å². The van der Waals surface area contributed by atoms with Crippen molar-refractivity contribution >= 4 is 23.1 Å². The van der Waals surface area contributed by atoms with Crippen LogP contribution in [-0.4, -0.2) is 38.8 Å². The zero-order chi connectivity index (χ0) is 19.1. The number of carbonyl (C=O) groups is 2. The normalized spacial score (nSPS) is 21.8. The number of nitrogens with zero attached hydrogens (tertiary/aromatic N) is 3. The van der Waals surface area contributed by atoms with Gasteiger partial charge in [-0.3, -0.25) is 29.6 Å². The van der Waals surface area contributed by atoms with Crippen LogP contribution in [0.5, 0.6) is 0 Å². The van der Waals surface area contributed by atoms with Gasteiger partial charge in [0.15, 0.2) is 0 Å². The highest BCUT2D eigenvalue weighted by Gasteiger charge is 2.43. The predicted octanol–water partition coefficient (Wildman–Crippen LogP) is 3.17. The van der Waals surface area contributed by atoms with Crippen LogP contribution in [0.2, 0.25) is 0 Å². The van der Waals surface area contributed by atoms with Gasteiger partial charge in [-0.25, -0.2) is 4.39 Å². The number of hydrogen-bond donors (Lipinski definition) is 0. The maximum absolute atomic E-state index is 14.7. The molecular weight excluding hydrogens is 353 g/mol. The highest BCUT2D eigenvalue weighted by atomic mass is 19.1. The molecule has 0 saturated heterocycles. The van der Waals surface area contributed by atoms with E-state index in [-0.39, 0.29) is 29.7 Å². The Hall–Kier alpha value is -3.42. The quantitative estimate of drug-likeness (QED) is 0.472. The number of rotatable bonds is 3. The fourth-order valence-corrected chi connectivity index (χ4v) is 3.60. The first kappa shape index (κ1) is 17.0. The van der Waals surface area contributed by atoms with Crippen molar-refractivity contribution in [3.05, 3.63) is 75.6 Å². The molecule has 2 atom stereocenters. The highest BCUT2D eigenvalue weighted by molar-refractivity contribution is 6.21. The number of aromatic nitrogens is 1.